The largest absolute Gasteiger partial charge is 0.384 e. The second kappa shape index (κ2) is 5.54. The van der Waals surface area contributed by atoms with Crippen LogP contribution in [0.25, 0.3) is 0 Å². The highest BCUT2D eigenvalue weighted by atomic mass is 16.2. The van der Waals surface area contributed by atoms with Crippen LogP contribution in [0.3, 0.4) is 0 Å². The van der Waals surface area contributed by atoms with Crippen molar-refractivity contribution in [2.45, 2.75) is 19.3 Å². The molecule has 0 aromatic heterocycles. The summed E-state index contributed by atoms with van der Waals surface area (Å²) in [6.07, 6.45) is 3.21. The molecule has 0 unspecified atom stereocenters. The molecule has 1 amide bonds. The Balaban J connectivity index is 1.52. The van der Waals surface area contributed by atoms with E-state index in [0.29, 0.717) is 23.3 Å². The van der Waals surface area contributed by atoms with Crippen LogP contribution in [0.4, 0.5) is 5.69 Å². The van der Waals surface area contributed by atoms with E-state index < -0.39 is 0 Å². The Morgan fingerprint density at radius 1 is 1.35 bits per heavy atom. The number of anilines is 1. The molecule has 1 N–H and O–H groups in total. The lowest BCUT2D eigenvalue weighted by Gasteiger charge is -2.17. The third-order valence-corrected chi connectivity index (χ3v) is 4.15. The second-order valence-electron chi connectivity index (χ2n) is 5.75. The SMILES string of the molecule is N#Cc1ccccc1NC[C@@H]1CCN(C(=O)C2CC2)C1. The van der Waals surface area contributed by atoms with Gasteiger partial charge in [-0.2, -0.15) is 5.26 Å². The number of para-hydroxylation sites is 1. The molecular weight excluding hydrogens is 250 g/mol. The smallest absolute Gasteiger partial charge is 0.225 e. The van der Waals surface area contributed by atoms with Crippen LogP contribution in [0.5, 0.6) is 0 Å². The molecule has 3 rings (SSSR count). The lowest BCUT2D eigenvalue weighted by Crippen LogP contribution is -2.30. The van der Waals surface area contributed by atoms with Gasteiger partial charge in [-0.15, -0.1) is 0 Å². The number of hydrogen-bond acceptors (Lipinski definition) is 3. The summed E-state index contributed by atoms with van der Waals surface area (Å²) in [5.74, 6) is 1.16. The van der Waals surface area contributed by atoms with E-state index in [1.165, 1.54) is 0 Å². The summed E-state index contributed by atoms with van der Waals surface area (Å²) < 4.78 is 0. The first-order chi connectivity index (χ1) is 9.78. The number of amides is 1. The van der Waals surface area contributed by atoms with E-state index >= 15 is 0 Å². The second-order valence-corrected chi connectivity index (χ2v) is 5.75. The molecule has 1 saturated carbocycles. The van der Waals surface area contributed by atoms with Crippen molar-refractivity contribution in [2.24, 2.45) is 11.8 Å². The fraction of sp³-hybridized carbons (Fsp3) is 0.500. The van der Waals surface area contributed by atoms with Crippen molar-refractivity contribution in [3.05, 3.63) is 29.8 Å². The van der Waals surface area contributed by atoms with Crippen LogP contribution < -0.4 is 5.32 Å². The molecule has 2 fully saturated rings. The molecule has 104 valence electrons. The van der Waals surface area contributed by atoms with Crippen LogP contribution in [-0.2, 0) is 4.79 Å². The maximum Gasteiger partial charge on any atom is 0.225 e. The summed E-state index contributed by atoms with van der Waals surface area (Å²) in [4.78, 5) is 14.0. The van der Waals surface area contributed by atoms with Crippen LogP contribution >= 0.6 is 0 Å². The van der Waals surface area contributed by atoms with Gasteiger partial charge in [0.25, 0.3) is 0 Å². The maximum absolute atomic E-state index is 12.0. The molecule has 1 aliphatic heterocycles. The molecule has 0 radical (unpaired) electrons. The molecular formula is C16H19N3O. The van der Waals surface area contributed by atoms with Gasteiger partial charge in [0.05, 0.1) is 11.3 Å². The van der Waals surface area contributed by atoms with E-state index in [4.69, 9.17) is 5.26 Å². The van der Waals surface area contributed by atoms with Crippen molar-refractivity contribution in [3.63, 3.8) is 0 Å². The predicted octanol–water partition coefficient (Wildman–Crippen LogP) is 2.23. The minimum absolute atomic E-state index is 0.320. The van der Waals surface area contributed by atoms with E-state index in [9.17, 15) is 4.79 Å². The van der Waals surface area contributed by atoms with Crippen LogP contribution in [-0.4, -0.2) is 30.4 Å². The normalized spacial score (nSPS) is 21.6. The number of nitriles is 1. The quantitative estimate of drug-likeness (QED) is 0.912. The zero-order valence-electron chi connectivity index (χ0n) is 11.5. The van der Waals surface area contributed by atoms with E-state index in [2.05, 4.69) is 11.4 Å². The molecule has 20 heavy (non-hydrogen) atoms. The van der Waals surface area contributed by atoms with Crippen molar-refractivity contribution in [1.29, 1.82) is 5.26 Å². The standard InChI is InChI=1S/C16H19N3O/c17-9-14-3-1-2-4-15(14)18-10-12-7-8-19(11-12)16(20)13-5-6-13/h1-4,12-13,18H,5-8,10-11H2/t12-/m0/s1. The summed E-state index contributed by atoms with van der Waals surface area (Å²) in [6, 6.07) is 9.75. The van der Waals surface area contributed by atoms with Crippen LogP contribution in [0.1, 0.15) is 24.8 Å². The number of benzene rings is 1. The van der Waals surface area contributed by atoms with Crippen molar-refractivity contribution in [3.8, 4) is 6.07 Å². The Labute approximate surface area is 119 Å². The third-order valence-electron chi connectivity index (χ3n) is 4.15. The van der Waals surface area contributed by atoms with Gasteiger partial charge in [0.15, 0.2) is 0 Å². The van der Waals surface area contributed by atoms with E-state index in [1.54, 1.807) is 0 Å². The zero-order valence-corrected chi connectivity index (χ0v) is 11.5. The topological polar surface area (TPSA) is 56.1 Å². The number of carbonyl (C=O) groups excluding carboxylic acids is 1. The average Bonchev–Trinajstić information content (AvgIpc) is 3.23. The van der Waals surface area contributed by atoms with Crippen molar-refractivity contribution in [2.75, 3.05) is 25.0 Å². The van der Waals surface area contributed by atoms with Gasteiger partial charge in [-0.1, -0.05) is 12.1 Å². The molecule has 1 aromatic rings. The highest BCUT2D eigenvalue weighted by Crippen LogP contribution is 2.32. The molecule has 0 spiro atoms. The van der Waals surface area contributed by atoms with E-state index in [0.717, 1.165) is 44.6 Å². The van der Waals surface area contributed by atoms with Gasteiger partial charge in [-0.3, -0.25) is 4.79 Å². The number of hydrogen-bond donors (Lipinski definition) is 1. The highest BCUT2D eigenvalue weighted by molar-refractivity contribution is 5.81. The number of likely N-dealkylation sites (tertiary alicyclic amines) is 1. The van der Waals surface area contributed by atoms with Crippen LogP contribution in [0.2, 0.25) is 0 Å². The van der Waals surface area contributed by atoms with Gasteiger partial charge >= 0.3 is 0 Å². The number of nitrogens with one attached hydrogen (secondary N) is 1. The molecule has 1 aliphatic carbocycles. The summed E-state index contributed by atoms with van der Waals surface area (Å²) in [5, 5.41) is 12.4. The minimum atomic E-state index is 0.320. The Bertz CT molecular complexity index is 545. The molecule has 1 saturated heterocycles. The molecule has 1 heterocycles. The van der Waals surface area contributed by atoms with Gasteiger partial charge in [0.1, 0.15) is 6.07 Å². The Hall–Kier alpha value is -2.02. The molecule has 2 aliphatic rings. The van der Waals surface area contributed by atoms with Gasteiger partial charge < -0.3 is 10.2 Å². The van der Waals surface area contributed by atoms with Gasteiger partial charge in [-0.05, 0) is 37.3 Å². The average molecular weight is 269 g/mol. The predicted molar refractivity (Wildman–Crippen MR) is 77.1 cm³/mol. The Kier molecular flexibility index (Phi) is 3.60. The Morgan fingerprint density at radius 3 is 2.90 bits per heavy atom. The first-order valence-corrected chi connectivity index (χ1v) is 7.29. The van der Waals surface area contributed by atoms with Crippen molar-refractivity contribution < 1.29 is 4.79 Å². The highest BCUT2D eigenvalue weighted by Gasteiger charge is 2.36. The van der Waals surface area contributed by atoms with E-state index in [1.807, 2.05) is 29.2 Å². The van der Waals surface area contributed by atoms with Crippen molar-refractivity contribution in [1.82, 2.24) is 4.90 Å². The summed E-state index contributed by atoms with van der Waals surface area (Å²) in [5.41, 5.74) is 1.57. The van der Waals surface area contributed by atoms with Crippen LogP contribution in [0.15, 0.2) is 24.3 Å². The fourth-order valence-corrected chi connectivity index (χ4v) is 2.78. The first kappa shape index (κ1) is 13.0. The van der Waals surface area contributed by atoms with Crippen molar-refractivity contribution >= 4 is 11.6 Å². The van der Waals surface area contributed by atoms with Gasteiger partial charge in [-0.25, -0.2) is 0 Å². The lowest BCUT2D eigenvalue weighted by molar-refractivity contribution is -0.131. The summed E-state index contributed by atoms with van der Waals surface area (Å²) in [6.45, 7) is 2.58. The third kappa shape index (κ3) is 2.77. The molecule has 0 bridgehead atoms. The first-order valence-electron chi connectivity index (χ1n) is 7.29. The monoisotopic (exact) mass is 269 g/mol. The summed E-state index contributed by atoms with van der Waals surface area (Å²) in [7, 11) is 0. The van der Waals surface area contributed by atoms with Crippen LogP contribution in [0, 0.1) is 23.2 Å². The minimum Gasteiger partial charge on any atom is -0.384 e. The fourth-order valence-electron chi connectivity index (χ4n) is 2.78. The van der Waals surface area contributed by atoms with Gasteiger partial charge in [0, 0.05) is 25.6 Å². The summed E-state index contributed by atoms with van der Waals surface area (Å²) >= 11 is 0. The van der Waals surface area contributed by atoms with E-state index in [-0.39, 0.29) is 0 Å². The maximum atomic E-state index is 12.0. The number of carbonyl (C=O) groups is 1. The Morgan fingerprint density at radius 2 is 2.15 bits per heavy atom. The molecule has 4 nitrogen and oxygen atoms in total. The zero-order chi connectivity index (χ0) is 13.9. The number of rotatable bonds is 4. The molecule has 4 heteroatoms. The number of nitrogens with zero attached hydrogens (tertiary/aromatic N) is 2. The molecule has 1 aromatic carbocycles. The molecule has 1 atom stereocenters. The lowest BCUT2D eigenvalue weighted by atomic mass is 10.1. The van der Waals surface area contributed by atoms with Gasteiger partial charge in [0.2, 0.25) is 5.91 Å².